The summed E-state index contributed by atoms with van der Waals surface area (Å²) in [5.74, 6) is -0.572. The molecule has 5 nitrogen and oxygen atoms in total. The van der Waals surface area contributed by atoms with Crippen LogP contribution >= 0.6 is 0 Å². The van der Waals surface area contributed by atoms with Gasteiger partial charge in [0.15, 0.2) is 0 Å². The van der Waals surface area contributed by atoms with Crippen LogP contribution in [0.4, 0.5) is 4.39 Å². The van der Waals surface area contributed by atoms with Crippen LogP contribution < -0.4 is 5.32 Å². The van der Waals surface area contributed by atoms with Gasteiger partial charge in [-0.1, -0.05) is 0 Å². The van der Waals surface area contributed by atoms with Crippen molar-refractivity contribution in [3.8, 4) is 5.69 Å². The van der Waals surface area contributed by atoms with Crippen molar-refractivity contribution in [2.75, 3.05) is 13.1 Å². The standard InChI is InChI=1S/C18H23FN4O/c1-11-9-12(2)23(21-11)17-6-5-15(10-16(17)19)18(24)22-8-7-20-13(3)14(22)4/h5-6,9-10,13-14,20H,7-8H2,1-4H3. The number of hydrogen-bond acceptors (Lipinski definition) is 3. The molecule has 3 rings (SSSR count). The van der Waals surface area contributed by atoms with Gasteiger partial charge in [0.1, 0.15) is 11.5 Å². The quantitative estimate of drug-likeness (QED) is 0.920. The Morgan fingerprint density at radius 1 is 1.29 bits per heavy atom. The molecule has 1 aromatic carbocycles. The SMILES string of the molecule is Cc1cc(C)n(-c2ccc(C(=O)N3CCNC(C)C3C)cc2F)n1. The number of halogens is 1. The van der Waals surface area contributed by atoms with Crippen LogP contribution in [0.3, 0.4) is 0 Å². The van der Waals surface area contributed by atoms with E-state index in [0.717, 1.165) is 17.9 Å². The number of nitrogens with zero attached hydrogens (tertiary/aromatic N) is 3. The molecular weight excluding hydrogens is 307 g/mol. The number of carbonyl (C=O) groups is 1. The first-order valence-corrected chi connectivity index (χ1v) is 8.26. The van der Waals surface area contributed by atoms with Crippen molar-refractivity contribution in [2.24, 2.45) is 0 Å². The Hall–Kier alpha value is -2.21. The first kappa shape index (κ1) is 16.6. The van der Waals surface area contributed by atoms with E-state index in [-0.39, 0.29) is 18.0 Å². The minimum atomic E-state index is -0.442. The molecule has 1 fully saturated rings. The summed E-state index contributed by atoms with van der Waals surface area (Å²) in [6, 6.07) is 6.80. The molecule has 1 saturated heterocycles. The summed E-state index contributed by atoms with van der Waals surface area (Å²) < 4.78 is 16.1. The zero-order valence-electron chi connectivity index (χ0n) is 14.5. The maximum Gasteiger partial charge on any atom is 0.254 e. The van der Waals surface area contributed by atoms with E-state index in [1.54, 1.807) is 21.7 Å². The number of piperazine rings is 1. The van der Waals surface area contributed by atoms with E-state index >= 15 is 0 Å². The summed E-state index contributed by atoms with van der Waals surface area (Å²) in [7, 11) is 0. The number of carbonyl (C=O) groups excluding carboxylic acids is 1. The minimum absolute atomic E-state index is 0.0741. The van der Waals surface area contributed by atoms with Crippen LogP contribution in [0.25, 0.3) is 5.69 Å². The Morgan fingerprint density at radius 3 is 2.67 bits per heavy atom. The van der Waals surface area contributed by atoms with Gasteiger partial charge < -0.3 is 10.2 Å². The van der Waals surface area contributed by atoms with Crippen LogP contribution in [-0.4, -0.2) is 45.8 Å². The number of hydrogen-bond donors (Lipinski definition) is 1. The van der Waals surface area contributed by atoms with Crippen molar-refractivity contribution < 1.29 is 9.18 Å². The van der Waals surface area contributed by atoms with Crippen LogP contribution in [0.2, 0.25) is 0 Å². The Kier molecular flexibility index (Phi) is 4.41. The van der Waals surface area contributed by atoms with Gasteiger partial charge in [0.2, 0.25) is 0 Å². The lowest BCUT2D eigenvalue weighted by molar-refractivity contribution is 0.0602. The van der Waals surface area contributed by atoms with Crippen LogP contribution in [0.1, 0.15) is 35.6 Å². The molecule has 1 N–H and O–H groups in total. The van der Waals surface area contributed by atoms with Gasteiger partial charge in [0.05, 0.1) is 5.69 Å². The first-order valence-electron chi connectivity index (χ1n) is 8.26. The zero-order valence-corrected chi connectivity index (χ0v) is 14.5. The van der Waals surface area contributed by atoms with E-state index in [1.807, 2.05) is 26.8 Å². The number of aromatic nitrogens is 2. The van der Waals surface area contributed by atoms with Crippen molar-refractivity contribution in [2.45, 2.75) is 39.8 Å². The molecule has 24 heavy (non-hydrogen) atoms. The maximum atomic E-state index is 14.6. The number of amides is 1. The van der Waals surface area contributed by atoms with Crippen molar-refractivity contribution >= 4 is 5.91 Å². The van der Waals surface area contributed by atoms with Crippen molar-refractivity contribution in [1.29, 1.82) is 0 Å². The highest BCUT2D eigenvalue weighted by Crippen LogP contribution is 2.20. The molecule has 1 amide bonds. The summed E-state index contributed by atoms with van der Waals surface area (Å²) >= 11 is 0. The lowest BCUT2D eigenvalue weighted by Crippen LogP contribution is -2.57. The summed E-state index contributed by atoms with van der Waals surface area (Å²) in [6.07, 6.45) is 0. The molecular formula is C18H23FN4O. The number of aryl methyl sites for hydroxylation is 2. The molecule has 1 aromatic heterocycles. The van der Waals surface area contributed by atoms with Crippen molar-refractivity contribution in [3.63, 3.8) is 0 Å². The van der Waals surface area contributed by atoms with Gasteiger partial charge in [-0.25, -0.2) is 9.07 Å². The molecule has 0 bridgehead atoms. The van der Waals surface area contributed by atoms with E-state index in [9.17, 15) is 9.18 Å². The zero-order chi connectivity index (χ0) is 17.4. The predicted molar refractivity (Wildman–Crippen MR) is 91.0 cm³/mol. The molecule has 0 radical (unpaired) electrons. The van der Waals surface area contributed by atoms with E-state index in [2.05, 4.69) is 17.3 Å². The largest absolute Gasteiger partial charge is 0.333 e. The monoisotopic (exact) mass is 330 g/mol. The molecule has 6 heteroatoms. The topological polar surface area (TPSA) is 50.2 Å². The molecule has 0 spiro atoms. The molecule has 0 saturated carbocycles. The molecule has 2 unspecified atom stereocenters. The van der Waals surface area contributed by atoms with E-state index in [4.69, 9.17) is 0 Å². The summed E-state index contributed by atoms with van der Waals surface area (Å²) in [5, 5.41) is 7.64. The third-order valence-corrected chi connectivity index (χ3v) is 4.73. The van der Waals surface area contributed by atoms with E-state index in [0.29, 0.717) is 17.8 Å². The number of benzene rings is 1. The fourth-order valence-corrected chi connectivity index (χ4v) is 3.19. The Labute approximate surface area is 141 Å². The Morgan fingerprint density at radius 2 is 2.04 bits per heavy atom. The minimum Gasteiger partial charge on any atom is -0.333 e. The smallest absolute Gasteiger partial charge is 0.254 e. The fraction of sp³-hybridized carbons (Fsp3) is 0.444. The molecule has 0 aliphatic carbocycles. The second kappa shape index (κ2) is 6.36. The molecule has 128 valence electrons. The number of nitrogens with one attached hydrogen (secondary N) is 1. The van der Waals surface area contributed by atoms with Gasteiger partial charge in [-0.2, -0.15) is 5.10 Å². The predicted octanol–water partition coefficient (Wildman–Crippen LogP) is 2.45. The lowest BCUT2D eigenvalue weighted by Gasteiger charge is -2.38. The molecule has 2 atom stereocenters. The first-order chi connectivity index (χ1) is 11.4. The third kappa shape index (κ3) is 2.94. The fourth-order valence-electron chi connectivity index (χ4n) is 3.19. The van der Waals surface area contributed by atoms with Gasteiger partial charge in [0.25, 0.3) is 5.91 Å². The van der Waals surface area contributed by atoms with E-state index in [1.165, 1.54) is 6.07 Å². The highest BCUT2D eigenvalue weighted by Gasteiger charge is 2.29. The van der Waals surface area contributed by atoms with Crippen LogP contribution in [0.5, 0.6) is 0 Å². The Balaban J connectivity index is 1.89. The van der Waals surface area contributed by atoms with Crippen LogP contribution in [0.15, 0.2) is 24.3 Å². The molecule has 1 aliphatic heterocycles. The molecule has 2 heterocycles. The van der Waals surface area contributed by atoms with Gasteiger partial charge in [0, 0.05) is 36.4 Å². The molecule has 1 aliphatic rings. The third-order valence-electron chi connectivity index (χ3n) is 4.73. The van der Waals surface area contributed by atoms with Gasteiger partial charge in [-0.05, 0) is 52.0 Å². The van der Waals surface area contributed by atoms with Gasteiger partial charge in [-0.3, -0.25) is 4.79 Å². The highest BCUT2D eigenvalue weighted by atomic mass is 19.1. The molecule has 2 aromatic rings. The maximum absolute atomic E-state index is 14.6. The van der Waals surface area contributed by atoms with Gasteiger partial charge in [-0.15, -0.1) is 0 Å². The summed E-state index contributed by atoms with van der Waals surface area (Å²) in [5.41, 5.74) is 2.42. The highest BCUT2D eigenvalue weighted by molar-refractivity contribution is 5.94. The van der Waals surface area contributed by atoms with Crippen LogP contribution in [-0.2, 0) is 0 Å². The van der Waals surface area contributed by atoms with Crippen molar-refractivity contribution in [1.82, 2.24) is 20.0 Å². The number of rotatable bonds is 2. The Bertz CT molecular complexity index is 770. The van der Waals surface area contributed by atoms with Crippen molar-refractivity contribution in [3.05, 3.63) is 47.0 Å². The summed E-state index contributed by atoms with van der Waals surface area (Å²) in [4.78, 5) is 14.5. The van der Waals surface area contributed by atoms with E-state index < -0.39 is 5.82 Å². The second-order valence-corrected chi connectivity index (χ2v) is 6.49. The second-order valence-electron chi connectivity index (χ2n) is 6.49. The average molecular weight is 330 g/mol. The average Bonchev–Trinajstić information content (AvgIpc) is 2.87. The summed E-state index contributed by atoms with van der Waals surface area (Å²) in [6.45, 7) is 9.19. The van der Waals surface area contributed by atoms with Gasteiger partial charge >= 0.3 is 0 Å². The lowest BCUT2D eigenvalue weighted by atomic mass is 10.0. The van der Waals surface area contributed by atoms with Crippen LogP contribution in [0, 0.1) is 19.7 Å². The normalized spacial score (nSPS) is 21.1.